The molecule has 1 aliphatic heterocycles. The first-order chi connectivity index (χ1) is 32.9. The highest BCUT2D eigenvalue weighted by Gasteiger charge is 2.29. The Bertz CT molecular complexity index is 3330. The van der Waals surface area contributed by atoms with Gasteiger partial charge in [0.25, 0.3) is 0 Å². The van der Waals surface area contributed by atoms with Crippen molar-refractivity contribution < 1.29 is 9.90 Å². The highest BCUT2D eigenvalue weighted by atomic mass is 32.2. The summed E-state index contributed by atoms with van der Waals surface area (Å²) in [5.41, 5.74) is 10.2. The van der Waals surface area contributed by atoms with E-state index in [0.717, 1.165) is 76.8 Å². The molecule has 0 amide bonds. The summed E-state index contributed by atoms with van der Waals surface area (Å²) in [6.07, 6.45) is 18.4. The van der Waals surface area contributed by atoms with Gasteiger partial charge in [-0.25, -0.2) is 4.79 Å². The maximum absolute atomic E-state index is 11.9. The maximum Gasteiger partial charge on any atom is 0.346 e. The van der Waals surface area contributed by atoms with Crippen molar-refractivity contribution >= 4 is 134 Å². The minimum atomic E-state index is -1.21. The van der Waals surface area contributed by atoms with Crippen molar-refractivity contribution in [2.45, 2.75) is 134 Å². The standard InChI is InChI=1S/C54H56N6O2S5/c1-4-7-10-13-14-19-26-58-37-20-15-16-21-42(37)65-44-30-34(22-23-38(44)58)41-24-25-43(64-41)45-32-40-53(66-45)47-49-48(56-67-57-49)46-50(51(47)60(40)28-18-12-9-6-3)59(27-17-11-8-5-2)39-31-36(63-52(39)46)29-35(33-55)54(61)62/h15-16,20-25,29-32H,4-14,17-19,26-28H2,1-3H3,(H,61,62)/b35-29-. The van der Waals surface area contributed by atoms with Crippen molar-refractivity contribution in [2.75, 3.05) is 11.4 Å². The Hall–Kier alpha value is -4.97. The number of fused-ring (bicyclic) bond motifs is 12. The third kappa shape index (κ3) is 8.74. The van der Waals surface area contributed by atoms with E-state index in [9.17, 15) is 15.2 Å². The summed E-state index contributed by atoms with van der Waals surface area (Å²) in [6.45, 7) is 9.58. The van der Waals surface area contributed by atoms with Gasteiger partial charge in [-0.15, -0.1) is 34.0 Å². The van der Waals surface area contributed by atoms with Gasteiger partial charge in [-0.2, -0.15) is 14.0 Å². The summed E-state index contributed by atoms with van der Waals surface area (Å²) >= 11 is 8.46. The Morgan fingerprint density at radius 3 is 1.93 bits per heavy atom. The van der Waals surface area contributed by atoms with Crippen molar-refractivity contribution in [3.63, 3.8) is 0 Å². The van der Waals surface area contributed by atoms with Crippen LogP contribution in [0.25, 0.3) is 79.5 Å². The largest absolute Gasteiger partial charge is 0.477 e. The van der Waals surface area contributed by atoms with Crippen LogP contribution < -0.4 is 4.90 Å². The molecule has 0 bridgehead atoms. The molecule has 9 aromatic rings. The third-order valence-corrected chi connectivity index (χ3v) is 18.5. The Morgan fingerprint density at radius 1 is 0.642 bits per heavy atom. The summed E-state index contributed by atoms with van der Waals surface area (Å²) in [5.74, 6) is -1.21. The molecule has 8 nitrogen and oxygen atoms in total. The lowest BCUT2D eigenvalue weighted by atomic mass is 10.1. The molecule has 1 N–H and O–H groups in total. The zero-order chi connectivity index (χ0) is 46.0. The molecular formula is C54H56N6O2S5. The van der Waals surface area contributed by atoms with Crippen LogP contribution >= 0.6 is 57.5 Å². The molecule has 0 saturated heterocycles. The monoisotopic (exact) mass is 980 g/mol. The molecule has 1 aliphatic rings. The van der Waals surface area contributed by atoms with Gasteiger partial charge in [-0.05, 0) is 79.4 Å². The SMILES string of the molecule is CCCCCCCCN1c2ccccc2Sc2cc(-c3ccc(-c4cc5c(s4)c4c6nsnc6c6c7sc(/C=C(/C#N)C(=O)O)cc7n(CCCCCC)c6c4n5CCCCCC)s3)ccc21. The predicted octanol–water partition coefficient (Wildman–Crippen LogP) is 17.5. The van der Waals surface area contributed by atoms with Gasteiger partial charge in [0, 0.05) is 59.7 Å². The van der Waals surface area contributed by atoms with Crippen molar-refractivity contribution in [3.05, 3.63) is 77.2 Å². The summed E-state index contributed by atoms with van der Waals surface area (Å²) < 4.78 is 17.5. The van der Waals surface area contributed by atoms with Crippen LogP contribution in [0.1, 0.15) is 116 Å². The minimum absolute atomic E-state index is 0.265. The summed E-state index contributed by atoms with van der Waals surface area (Å²) in [6, 6.07) is 27.0. The number of aromatic nitrogens is 4. The van der Waals surface area contributed by atoms with Gasteiger partial charge in [0.2, 0.25) is 0 Å². The number of carboxylic acids is 1. The fourth-order valence-electron chi connectivity index (χ4n) is 9.95. The molecule has 7 heterocycles. The number of aryl methyl sites for hydroxylation is 2. The lowest BCUT2D eigenvalue weighted by molar-refractivity contribution is -0.132. The van der Waals surface area contributed by atoms with E-state index in [-0.39, 0.29) is 5.57 Å². The van der Waals surface area contributed by atoms with E-state index in [4.69, 9.17) is 8.75 Å². The summed E-state index contributed by atoms with van der Waals surface area (Å²) in [4.78, 5) is 21.7. The van der Waals surface area contributed by atoms with Gasteiger partial charge >= 0.3 is 5.97 Å². The second kappa shape index (κ2) is 20.3. The van der Waals surface area contributed by atoms with Crippen molar-refractivity contribution in [2.24, 2.45) is 0 Å². The number of para-hydroxylation sites is 1. The lowest BCUT2D eigenvalue weighted by Crippen LogP contribution is -2.21. The molecule has 344 valence electrons. The van der Waals surface area contributed by atoms with Crippen molar-refractivity contribution in [1.82, 2.24) is 17.9 Å². The molecule has 6 aromatic heterocycles. The Balaban J connectivity index is 1.06. The molecule has 0 spiro atoms. The number of carbonyl (C=O) groups is 1. The first-order valence-electron chi connectivity index (χ1n) is 24.2. The highest BCUT2D eigenvalue weighted by Crippen LogP contribution is 2.52. The van der Waals surface area contributed by atoms with Gasteiger partial charge in [0.05, 0.1) is 54.6 Å². The van der Waals surface area contributed by atoms with Crippen molar-refractivity contribution in [3.8, 4) is 26.3 Å². The number of unbranched alkanes of at least 4 members (excludes halogenated alkanes) is 11. The number of thiophene rings is 3. The van der Waals surface area contributed by atoms with E-state index in [1.807, 2.05) is 40.5 Å². The normalized spacial score (nSPS) is 12.9. The number of benzene rings is 3. The van der Waals surface area contributed by atoms with Gasteiger partial charge in [0.1, 0.15) is 22.7 Å². The second-order valence-electron chi connectivity index (χ2n) is 17.8. The molecule has 0 atom stereocenters. The van der Waals surface area contributed by atoms with Crippen LogP contribution in [0.3, 0.4) is 0 Å². The fraction of sp³-hybridized carbons (Fsp3) is 0.370. The third-order valence-electron chi connectivity index (χ3n) is 13.3. The fourth-order valence-corrected chi connectivity index (χ4v) is 15.1. The number of rotatable bonds is 21. The van der Waals surface area contributed by atoms with Crippen molar-refractivity contribution in [1.29, 1.82) is 5.26 Å². The topological polar surface area (TPSA) is 100.0 Å². The van der Waals surface area contributed by atoms with E-state index < -0.39 is 5.97 Å². The van der Waals surface area contributed by atoms with E-state index >= 15 is 0 Å². The van der Waals surface area contributed by atoms with E-state index in [1.54, 1.807) is 11.3 Å². The molecule has 10 rings (SSSR count). The number of anilines is 2. The number of carboxylic acid groups (broad SMARTS) is 1. The van der Waals surface area contributed by atoms with Gasteiger partial charge in [-0.3, -0.25) is 0 Å². The lowest BCUT2D eigenvalue weighted by Gasteiger charge is -2.33. The Morgan fingerprint density at radius 2 is 1.24 bits per heavy atom. The van der Waals surface area contributed by atoms with E-state index in [2.05, 4.69) is 102 Å². The van der Waals surface area contributed by atoms with Gasteiger partial charge in [-0.1, -0.05) is 121 Å². The number of hydrogen-bond acceptors (Lipinski definition) is 10. The summed E-state index contributed by atoms with van der Waals surface area (Å²) in [5, 5.41) is 21.6. The quantitative estimate of drug-likeness (QED) is 0.0435. The Kier molecular flexibility index (Phi) is 13.9. The number of aliphatic carboxylic acids is 1. The Labute approximate surface area is 412 Å². The van der Waals surface area contributed by atoms with Crippen LogP contribution in [0.5, 0.6) is 0 Å². The van der Waals surface area contributed by atoms with E-state index in [0.29, 0.717) is 0 Å². The zero-order valence-electron chi connectivity index (χ0n) is 38.5. The second-order valence-corrected chi connectivity index (χ2v) is 22.7. The van der Waals surface area contributed by atoms with Gasteiger partial charge < -0.3 is 19.1 Å². The molecule has 3 aromatic carbocycles. The number of hydrogen-bond donors (Lipinski definition) is 1. The molecule has 13 heteroatoms. The van der Waals surface area contributed by atoms with Crippen LogP contribution in [0.2, 0.25) is 0 Å². The predicted molar refractivity (Wildman–Crippen MR) is 288 cm³/mol. The highest BCUT2D eigenvalue weighted by molar-refractivity contribution is 7.99. The van der Waals surface area contributed by atoms with E-state index in [1.165, 1.54) is 150 Å². The molecular weight excluding hydrogens is 925 g/mol. The van der Waals surface area contributed by atoms with Crippen LogP contribution in [0.15, 0.2) is 82.1 Å². The molecule has 0 radical (unpaired) electrons. The van der Waals surface area contributed by atoms with Crippen LogP contribution in [-0.2, 0) is 17.9 Å². The van der Waals surface area contributed by atoms with Crippen LogP contribution in [0, 0.1) is 11.3 Å². The molecule has 0 saturated carbocycles. The maximum atomic E-state index is 11.9. The smallest absolute Gasteiger partial charge is 0.346 e. The van der Waals surface area contributed by atoms with Gasteiger partial charge in [0.15, 0.2) is 0 Å². The minimum Gasteiger partial charge on any atom is -0.477 e. The first kappa shape index (κ1) is 45.8. The number of nitrogens with zero attached hydrogens (tertiary/aromatic N) is 6. The average Bonchev–Trinajstić information content (AvgIpc) is 4.21. The average molecular weight is 981 g/mol. The first-order valence-corrected chi connectivity index (χ1v) is 28.2. The molecule has 0 unspecified atom stereocenters. The van der Waals surface area contributed by atoms with Crippen LogP contribution in [-0.4, -0.2) is 35.5 Å². The van der Waals surface area contributed by atoms with Crippen LogP contribution in [0.4, 0.5) is 11.4 Å². The molecule has 0 fully saturated rings. The molecule has 67 heavy (non-hydrogen) atoms. The number of nitriles is 1. The zero-order valence-corrected chi connectivity index (χ0v) is 42.6. The summed E-state index contributed by atoms with van der Waals surface area (Å²) in [7, 11) is 0. The molecule has 0 aliphatic carbocycles.